The largest absolute Gasteiger partial charge is 0.495 e. The van der Waals surface area contributed by atoms with Crippen molar-refractivity contribution in [1.29, 1.82) is 0 Å². The van der Waals surface area contributed by atoms with E-state index in [1.165, 1.54) is 0 Å². The Kier molecular flexibility index (Phi) is 6.80. The van der Waals surface area contributed by atoms with Gasteiger partial charge >= 0.3 is 0 Å². The topological polar surface area (TPSA) is 61.9 Å². The zero-order valence-electron chi connectivity index (χ0n) is 15.3. The minimum absolute atomic E-state index is 0.0194. The van der Waals surface area contributed by atoms with Crippen LogP contribution in [0.25, 0.3) is 0 Å². The number of hydrogen-bond acceptors (Lipinski definition) is 5. The molecule has 0 radical (unpaired) electrons. The lowest BCUT2D eigenvalue weighted by molar-refractivity contribution is -0.137. The summed E-state index contributed by atoms with van der Waals surface area (Å²) < 4.78 is 5.27. The number of piperidine rings is 1. The lowest BCUT2D eigenvalue weighted by Gasteiger charge is -2.35. The Labute approximate surface area is 159 Å². The molecular weight excluding hydrogens is 350 g/mol. The summed E-state index contributed by atoms with van der Waals surface area (Å²) in [5.74, 6) is 2.92. The van der Waals surface area contributed by atoms with Crippen molar-refractivity contribution in [3.05, 3.63) is 24.3 Å². The molecule has 1 unspecified atom stereocenters. The van der Waals surface area contributed by atoms with Gasteiger partial charge in [0.2, 0.25) is 11.8 Å². The second-order valence-corrected chi connectivity index (χ2v) is 7.99. The third-order valence-corrected chi connectivity index (χ3v) is 5.87. The Morgan fingerprint density at radius 3 is 2.77 bits per heavy atom. The standard InChI is InChI=1S/C19H27N3O3S/c1-25-17-7-3-2-6-16(17)20-18(23)14-21-8-4-5-15(13-21)19(24)22-9-11-26-12-10-22/h2-3,6-7,15H,4-5,8-14H2,1H3,(H,20,23). The number of para-hydroxylation sites is 2. The molecule has 2 aliphatic heterocycles. The van der Waals surface area contributed by atoms with Crippen LogP contribution in [-0.4, -0.2) is 73.0 Å². The van der Waals surface area contributed by atoms with E-state index in [0.29, 0.717) is 24.5 Å². The molecule has 2 saturated heterocycles. The molecule has 2 aliphatic rings. The van der Waals surface area contributed by atoms with Gasteiger partial charge in [-0.1, -0.05) is 12.1 Å². The summed E-state index contributed by atoms with van der Waals surface area (Å²) in [6.45, 7) is 3.54. The summed E-state index contributed by atoms with van der Waals surface area (Å²) >= 11 is 1.91. The number of likely N-dealkylation sites (tertiary alicyclic amines) is 1. The maximum atomic E-state index is 12.7. The number of methoxy groups -OCH3 is 1. The first-order valence-corrected chi connectivity index (χ1v) is 10.3. The fraction of sp³-hybridized carbons (Fsp3) is 0.579. The molecule has 0 spiro atoms. The maximum Gasteiger partial charge on any atom is 0.238 e. The first kappa shape index (κ1) is 19.0. The Morgan fingerprint density at radius 1 is 1.23 bits per heavy atom. The first-order valence-electron chi connectivity index (χ1n) is 9.19. The summed E-state index contributed by atoms with van der Waals surface area (Å²) in [7, 11) is 1.59. The van der Waals surface area contributed by atoms with Gasteiger partial charge in [0.05, 0.1) is 25.3 Å². The van der Waals surface area contributed by atoms with Crippen LogP contribution in [0, 0.1) is 5.92 Å². The van der Waals surface area contributed by atoms with Crippen molar-refractivity contribution in [3.8, 4) is 5.75 Å². The highest BCUT2D eigenvalue weighted by Crippen LogP contribution is 2.24. The molecule has 1 aromatic carbocycles. The monoisotopic (exact) mass is 377 g/mol. The van der Waals surface area contributed by atoms with Gasteiger partial charge < -0.3 is 15.0 Å². The number of rotatable bonds is 5. The first-order chi connectivity index (χ1) is 12.7. The van der Waals surface area contributed by atoms with Crippen molar-refractivity contribution >= 4 is 29.3 Å². The Bertz CT molecular complexity index is 634. The van der Waals surface area contributed by atoms with E-state index in [0.717, 1.165) is 44.0 Å². The summed E-state index contributed by atoms with van der Waals surface area (Å²) in [6, 6.07) is 7.38. The molecule has 1 atom stereocenters. The maximum absolute atomic E-state index is 12.7. The van der Waals surface area contributed by atoms with E-state index in [1.54, 1.807) is 7.11 Å². The number of ether oxygens (including phenoxy) is 1. The molecule has 3 rings (SSSR count). The van der Waals surface area contributed by atoms with Gasteiger partial charge in [0.15, 0.2) is 0 Å². The molecule has 2 amide bonds. The minimum Gasteiger partial charge on any atom is -0.495 e. The van der Waals surface area contributed by atoms with E-state index in [1.807, 2.05) is 40.9 Å². The highest BCUT2D eigenvalue weighted by Gasteiger charge is 2.30. The fourth-order valence-electron chi connectivity index (χ4n) is 3.58. The van der Waals surface area contributed by atoms with Crippen molar-refractivity contribution in [2.45, 2.75) is 12.8 Å². The van der Waals surface area contributed by atoms with Crippen LogP contribution in [0.3, 0.4) is 0 Å². The van der Waals surface area contributed by atoms with Crippen LogP contribution in [-0.2, 0) is 9.59 Å². The van der Waals surface area contributed by atoms with Gasteiger partial charge in [-0.05, 0) is 31.5 Å². The van der Waals surface area contributed by atoms with E-state index >= 15 is 0 Å². The van der Waals surface area contributed by atoms with E-state index in [9.17, 15) is 9.59 Å². The lowest BCUT2D eigenvalue weighted by atomic mass is 9.96. The molecule has 7 heteroatoms. The number of benzene rings is 1. The minimum atomic E-state index is -0.0722. The summed E-state index contributed by atoms with van der Waals surface area (Å²) in [6.07, 6.45) is 1.88. The van der Waals surface area contributed by atoms with Crippen molar-refractivity contribution < 1.29 is 14.3 Å². The van der Waals surface area contributed by atoms with Crippen LogP contribution in [0.2, 0.25) is 0 Å². The average Bonchev–Trinajstić information content (AvgIpc) is 2.68. The van der Waals surface area contributed by atoms with E-state index < -0.39 is 0 Å². The van der Waals surface area contributed by atoms with Gasteiger partial charge in [-0.2, -0.15) is 11.8 Å². The molecule has 0 bridgehead atoms. The van der Waals surface area contributed by atoms with Gasteiger partial charge in [-0.25, -0.2) is 0 Å². The molecule has 1 aromatic rings. The normalized spacial score (nSPS) is 21.3. The zero-order valence-corrected chi connectivity index (χ0v) is 16.1. The summed E-state index contributed by atoms with van der Waals surface area (Å²) in [4.78, 5) is 29.2. The Morgan fingerprint density at radius 2 is 2.00 bits per heavy atom. The van der Waals surface area contributed by atoms with Gasteiger partial charge in [0.1, 0.15) is 5.75 Å². The molecule has 142 valence electrons. The number of amides is 2. The molecule has 0 aliphatic carbocycles. The van der Waals surface area contributed by atoms with Gasteiger partial charge in [0.25, 0.3) is 0 Å². The molecular formula is C19H27N3O3S. The van der Waals surface area contributed by atoms with E-state index in [-0.39, 0.29) is 17.7 Å². The van der Waals surface area contributed by atoms with Gasteiger partial charge in [0, 0.05) is 31.1 Å². The second-order valence-electron chi connectivity index (χ2n) is 6.76. The quantitative estimate of drug-likeness (QED) is 0.850. The second kappa shape index (κ2) is 9.28. The van der Waals surface area contributed by atoms with E-state index in [2.05, 4.69) is 10.2 Å². The molecule has 0 aromatic heterocycles. The van der Waals surface area contributed by atoms with E-state index in [4.69, 9.17) is 4.74 Å². The third kappa shape index (κ3) is 4.92. The number of nitrogens with zero attached hydrogens (tertiary/aromatic N) is 2. The number of anilines is 1. The van der Waals surface area contributed by atoms with Crippen LogP contribution in [0.1, 0.15) is 12.8 Å². The van der Waals surface area contributed by atoms with Crippen molar-refractivity contribution in [2.75, 3.05) is 56.7 Å². The fourth-order valence-corrected chi connectivity index (χ4v) is 4.49. The van der Waals surface area contributed by atoms with Crippen LogP contribution in [0.5, 0.6) is 5.75 Å². The summed E-state index contributed by atoms with van der Waals surface area (Å²) in [5.41, 5.74) is 0.676. The van der Waals surface area contributed by atoms with Crippen LogP contribution >= 0.6 is 11.8 Å². The van der Waals surface area contributed by atoms with Crippen molar-refractivity contribution in [2.24, 2.45) is 5.92 Å². The highest BCUT2D eigenvalue weighted by molar-refractivity contribution is 7.99. The molecule has 2 heterocycles. The number of thioether (sulfide) groups is 1. The Hall–Kier alpha value is -1.73. The number of nitrogens with one attached hydrogen (secondary N) is 1. The van der Waals surface area contributed by atoms with Crippen LogP contribution in [0.4, 0.5) is 5.69 Å². The SMILES string of the molecule is COc1ccccc1NC(=O)CN1CCCC(C(=O)N2CCSCC2)C1. The molecule has 6 nitrogen and oxygen atoms in total. The van der Waals surface area contributed by atoms with Gasteiger partial charge in [-0.15, -0.1) is 0 Å². The number of hydrogen-bond donors (Lipinski definition) is 1. The molecule has 26 heavy (non-hydrogen) atoms. The van der Waals surface area contributed by atoms with Crippen LogP contribution in [0.15, 0.2) is 24.3 Å². The third-order valence-electron chi connectivity index (χ3n) is 4.93. The number of carbonyl (C=O) groups excluding carboxylic acids is 2. The zero-order chi connectivity index (χ0) is 18.4. The smallest absolute Gasteiger partial charge is 0.238 e. The molecule has 1 N–H and O–H groups in total. The molecule has 2 fully saturated rings. The average molecular weight is 378 g/mol. The predicted molar refractivity (Wildman–Crippen MR) is 105 cm³/mol. The number of carbonyl (C=O) groups is 2. The van der Waals surface area contributed by atoms with Crippen molar-refractivity contribution in [1.82, 2.24) is 9.80 Å². The molecule has 0 saturated carbocycles. The van der Waals surface area contributed by atoms with Gasteiger partial charge in [-0.3, -0.25) is 14.5 Å². The highest BCUT2D eigenvalue weighted by atomic mass is 32.2. The van der Waals surface area contributed by atoms with Crippen LogP contribution < -0.4 is 10.1 Å². The Balaban J connectivity index is 1.52. The lowest BCUT2D eigenvalue weighted by Crippen LogP contribution is -2.48. The summed E-state index contributed by atoms with van der Waals surface area (Å²) in [5, 5.41) is 2.91. The predicted octanol–water partition coefficient (Wildman–Crippen LogP) is 1.92. The van der Waals surface area contributed by atoms with Crippen molar-refractivity contribution in [3.63, 3.8) is 0 Å².